The fraction of sp³-hybridized carbons (Fsp3) is 0.273. The monoisotopic (exact) mass is 345 g/mol. The third-order valence-electron chi connectivity index (χ3n) is 5.21. The molecule has 1 amide bonds. The molecule has 0 atom stereocenters. The average Bonchev–Trinajstić information content (AvgIpc) is 3.38. The van der Waals surface area contributed by atoms with Crippen molar-refractivity contribution in [2.75, 3.05) is 0 Å². The summed E-state index contributed by atoms with van der Waals surface area (Å²) < 4.78 is 2.09. The van der Waals surface area contributed by atoms with Crippen molar-refractivity contribution in [3.8, 4) is 5.69 Å². The molecule has 26 heavy (non-hydrogen) atoms. The molecule has 1 heterocycles. The maximum atomic E-state index is 12.7. The van der Waals surface area contributed by atoms with Crippen LogP contribution in [0.1, 0.15) is 36.7 Å². The van der Waals surface area contributed by atoms with E-state index in [4.69, 9.17) is 0 Å². The highest BCUT2D eigenvalue weighted by Gasteiger charge is 2.50. The van der Waals surface area contributed by atoms with Crippen molar-refractivity contribution in [1.82, 2.24) is 14.9 Å². The molecular formula is C22H23N3O. The van der Waals surface area contributed by atoms with Crippen LogP contribution >= 0.6 is 0 Å². The summed E-state index contributed by atoms with van der Waals surface area (Å²) in [6.45, 7) is 2.65. The molecule has 1 N–H and O–H groups in total. The average molecular weight is 345 g/mol. The lowest BCUT2D eigenvalue weighted by Crippen LogP contribution is -2.34. The second-order valence-corrected chi connectivity index (χ2v) is 6.86. The summed E-state index contributed by atoms with van der Waals surface area (Å²) in [6.07, 6.45) is 6.56. The van der Waals surface area contributed by atoms with Gasteiger partial charge in [0.25, 0.3) is 0 Å². The number of hydrogen-bond donors (Lipinski definition) is 1. The van der Waals surface area contributed by atoms with Crippen molar-refractivity contribution in [3.05, 3.63) is 83.9 Å². The van der Waals surface area contributed by atoms with Crippen LogP contribution in [0.3, 0.4) is 0 Å². The lowest BCUT2D eigenvalue weighted by Gasteiger charge is -2.16. The van der Waals surface area contributed by atoms with Crippen molar-refractivity contribution in [1.29, 1.82) is 0 Å². The number of amides is 1. The van der Waals surface area contributed by atoms with Crippen LogP contribution in [-0.4, -0.2) is 15.5 Å². The molecule has 0 unspecified atom stereocenters. The molecule has 1 fully saturated rings. The minimum absolute atomic E-state index is 0.135. The van der Waals surface area contributed by atoms with E-state index in [1.54, 1.807) is 0 Å². The predicted octanol–water partition coefficient (Wildman–Crippen LogP) is 3.78. The summed E-state index contributed by atoms with van der Waals surface area (Å²) in [5, 5.41) is 3.12. The number of aromatic nitrogens is 2. The van der Waals surface area contributed by atoms with Gasteiger partial charge in [-0.3, -0.25) is 4.79 Å². The van der Waals surface area contributed by atoms with Gasteiger partial charge in [-0.15, -0.1) is 0 Å². The molecule has 4 rings (SSSR count). The summed E-state index contributed by atoms with van der Waals surface area (Å²) in [6, 6.07) is 18.4. The fourth-order valence-corrected chi connectivity index (χ4v) is 3.49. The first-order valence-corrected chi connectivity index (χ1v) is 9.18. The Morgan fingerprint density at radius 1 is 1.12 bits per heavy atom. The molecular weight excluding hydrogens is 322 g/mol. The van der Waals surface area contributed by atoms with Crippen LogP contribution in [-0.2, 0) is 23.2 Å². The number of carbonyl (C=O) groups is 1. The van der Waals surface area contributed by atoms with Gasteiger partial charge in [0.15, 0.2) is 0 Å². The van der Waals surface area contributed by atoms with Gasteiger partial charge in [0, 0.05) is 31.0 Å². The molecule has 0 bridgehead atoms. The van der Waals surface area contributed by atoms with Crippen molar-refractivity contribution < 1.29 is 4.79 Å². The van der Waals surface area contributed by atoms with E-state index in [0.717, 1.165) is 41.9 Å². The zero-order valence-electron chi connectivity index (χ0n) is 15.0. The largest absolute Gasteiger partial charge is 0.351 e. The van der Waals surface area contributed by atoms with E-state index in [1.165, 1.54) is 0 Å². The smallest absolute Gasteiger partial charge is 0.230 e. The standard InChI is InChI=1S/C22H23N3O/c1-2-20-23-14-15-25(20)19-10-8-17(9-11-19)16-24-21(26)22(12-13-22)18-6-4-3-5-7-18/h3-11,14-15H,2,12-13,16H2,1H3,(H,24,26). The van der Waals surface area contributed by atoms with Gasteiger partial charge in [-0.05, 0) is 36.1 Å². The Morgan fingerprint density at radius 2 is 1.85 bits per heavy atom. The first-order valence-electron chi connectivity index (χ1n) is 9.18. The summed E-state index contributed by atoms with van der Waals surface area (Å²) in [4.78, 5) is 17.1. The van der Waals surface area contributed by atoms with Gasteiger partial charge in [0.2, 0.25) is 5.91 Å². The number of hydrogen-bond acceptors (Lipinski definition) is 2. The Bertz CT molecular complexity index is 893. The summed E-state index contributed by atoms with van der Waals surface area (Å²) in [5.41, 5.74) is 3.01. The third kappa shape index (κ3) is 3.03. The van der Waals surface area contributed by atoms with E-state index >= 15 is 0 Å². The molecule has 1 aliphatic carbocycles. The number of rotatable bonds is 6. The van der Waals surface area contributed by atoms with Crippen molar-refractivity contribution >= 4 is 5.91 Å². The van der Waals surface area contributed by atoms with Crippen LogP contribution in [0.15, 0.2) is 67.0 Å². The zero-order valence-corrected chi connectivity index (χ0v) is 15.0. The van der Waals surface area contributed by atoms with E-state index in [9.17, 15) is 4.79 Å². The van der Waals surface area contributed by atoms with Gasteiger partial charge >= 0.3 is 0 Å². The Morgan fingerprint density at radius 3 is 2.50 bits per heavy atom. The molecule has 0 aliphatic heterocycles. The molecule has 0 radical (unpaired) electrons. The minimum atomic E-state index is -0.311. The maximum absolute atomic E-state index is 12.7. The van der Waals surface area contributed by atoms with Gasteiger partial charge in [0.05, 0.1) is 5.41 Å². The van der Waals surface area contributed by atoms with E-state index in [-0.39, 0.29) is 11.3 Å². The van der Waals surface area contributed by atoms with E-state index in [2.05, 4.69) is 58.2 Å². The van der Waals surface area contributed by atoms with Crippen LogP contribution < -0.4 is 5.32 Å². The molecule has 4 heteroatoms. The third-order valence-corrected chi connectivity index (χ3v) is 5.21. The Kier molecular flexibility index (Phi) is 4.33. The quantitative estimate of drug-likeness (QED) is 0.739. The summed E-state index contributed by atoms with van der Waals surface area (Å²) >= 11 is 0. The number of imidazole rings is 1. The van der Waals surface area contributed by atoms with Gasteiger partial charge < -0.3 is 9.88 Å². The first kappa shape index (κ1) is 16.6. The zero-order chi connectivity index (χ0) is 18.0. The van der Waals surface area contributed by atoms with Crippen LogP contribution in [0.4, 0.5) is 0 Å². The lowest BCUT2D eigenvalue weighted by molar-refractivity contribution is -0.123. The van der Waals surface area contributed by atoms with Crippen molar-refractivity contribution in [2.24, 2.45) is 0 Å². The van der Waals surface area contributed by atoms with Crippen molar-refractivity contribution in [2.45, 2.75) is 38.1 Å². The molecule has 1 saturated carbocycles. The molecule has 1 aromatic heterocycles. The van der Waals surface area contributed by atoms with Crippen LogP contribution in [0.2, 0.25) is 0 Å². The SMILES string of the molecule is CCc1nccn1-c1ccc(CNC(=O)C2(c3ccccc3)CC2)cc1. The van der Waals surface area contributed by atoms with Crippen molar-refractivity contribution in [3.63, 3.8) is 0 Å². The highest BCUT2D eigenvalue weighted by molar-refractivity contribution is 5.91. The predicted molar refractivity (Wildman–Crippen MR) is 102 cm³/mol. The van der Waals surface area contributed by atoms with Crippen LogP contribution in [0.25, 0.3) is 5.69 Å². The highest BCUT2D eigenvalue weighted by Crippen LogP contribution is 2.48. The summed E-state index contributed by atoms with van der Waals surface area (Å²) in [5.74, 6) is 1.18. The van der Waals surface area contributed by atoms with E-state index in [0.29, 0.717) is 6.54 Å². The van der Waals surface area contributed by atoms with E-state index in [1.807, 2.05) is 30.6 Å². The normalized spacial score (nSPS) is 14.8. The number of aryl methyl sites for hydroxylation is 1. The highest BCUT2D eigenvalue weighted by atomic mass is 16.2. The Labute approximate surface area is 153 Å². The molecule has 3 aromatic rings. The molecule has 132 valence electrons. The first-order chi connectivity index (χ1) is 12.7. The van der Waals surface area contributed by atoms with Gasteiger partial charge in [-0.2, -0.15) is 0 Å². The molecule has 2 aromatic carbocycles. The lowest BCUT2D eigenvalue weighted by atomic mass is 9.95. The minimum Gasteiger partial charge on any atom is -0.351 e. The van der Waals surface area contributed by atoms with Gasteiger partial charge in [0.1, 0.15) is 5.82 Å². The summed E-state index contributed by atoms with van der Waals surface area (Å²) in [7, 11) is 0. The van der Waals surface area contributed by atoms with E-state index < -0.39 is 0 Å². The Balaban J connectivity index is 1.42. The second-order valence-electron chi connectivity index (χ2n) is 6.86. The number of benzene rings is 2. The molecule has 0 spiro atoms. The van der Waals surface area contributed by atoms with Crippen LogP contribution in [0, 0.1) is 0 Å². The molecule has 0 saturated heterocycles. The number of nitrogens with zero attached hydrogens (tertiary/aromatic N) is 2. The topological polar surface area (TPSA) is 46.9 Å². The van der Waals surface area contributed by atoms with Gasteiger partial charge in [-0.25, -0.2) is 4.98 Å². The number of carbonyl (C=O) groups excluding carboxylic acids is 1. The maximum Gasteiger partial charge on any atom is 0.230 e. The Hall–Kier alpha value is -2.88. The van der Waals surface area contributed by atoms with Gasteiger partial charge in [-0.1, -0.05) is 49.4 Å². The second kappa shape index (κ2) is 6.79. The number of nitrogens with one attached hydrogen (secondary N) is 1. The molecule has 4 nitrogen and oxygen atoms in total. The van der Waals surface area contributed by atoms with Crippen LogP contribution in [0.5, 0.6) is 0 Å². The molecule has 1 aliphatic rings. The fourth-order valence-electron chi connectivity index (χ4n) is 3.49.